The summed E-state index contributed by atoms with van der Waals surface area (Å²) >= 11 is 0. The highest BCUT2D eigenvalue weighted by atomic mass is 16.5. The number of amides is 2. The van der Waals surface area contributed by atoms with Gasteiger partial charge in [-0.15, -0.1) is 0 Å². The molecule has 2 aliphatic carbocycles. The quantitative estimate of drug-likeness (QED) is 0.634. The van der Waals surface area contributed by atoms with Crippen molar-refractivity contribution in [2.45, 2.75) is 24.8 Å². The molecule has 8 nitrogen and oxygen atoms in total. The Bertz CT molecular complexity index is 1070. The summed E-state index contributed by atoms with van der Waals surface area (Å²) in [6, 6.07) is 15.3. The van der Waals surface area contributed by atoms with E-state index in [2.05, 4.69) is 17.4 Å². The molecule has 8 heteroatoms. The Hall–Kier alpha value is -3.39. The second-order valence-electron chi connectivity index (χ2n) is 9.68. The molecule has 5 rings (SSSR count). The molecule has 2 aromatic rings. The van der Waals surface area contributed by atoms with E-state index in [4.69, 9.17) is 9.47 Å². The number of rotatable bonds is 7. The summed E-state index contributed by atoms with van der Waals surface area (Å²) in [5.41, 5.74) is 4.51. The van der Waals surface area contributed by atoms with Crippen LogP contribution in [0.15, 0.2) is 48.5 Å². The van der Waals surface area contributed by atoms with Crippen LogP contribution in [0.4, 0.5) is 4.79 Å². The standard InChI is InChI=1S/C27H30N2O6/c1-34-15-23(25(30)29-12-16-10-11-17(13-29)24(16)26(31)32)28-27(33)35-14-22-20-8-4-2-6-18(20)19-7-3-5-9-21(19)22/h2-9,16-17,22-24H,10-15H2,1H3,(H,28,33)(H,31,32)/t16?,17?,23-,24?/m0/s1. The minimum Gasteiger partial charge on any atom is -0.481 e. The summed E-state index contributed by atoms with van der Waals surface area (Å²) in [6.07, 6.45) is 0.936. The SMILES string of the molecule is COC[C@H](NC(=O)OCC1c2ccccc2-c2ccccc21)C(=O)N1CC2CCC(C1)C2C(=O)O. The molecule has 2 aromatic carbocycles. The Balaban J connectivity index is 1.23. The van der Waals surface area contributed by atoms with Gasteiger partial charge in [0.15, 0.2) is 0 Å². The highest BCUT2D eigenvalue weighted by Crippen LogP contribution is 2.44. The number of alkyl carbamates (subject to hydrolysis) is 1. The van der Waals surface area contributed by atoms with Crippen LogP contribution < -0.4 is 5.32 Å². The van der Waals surface area contributed by atoms with Gasteiger partial charge >= 0.3 is 12.1 Å². The van der Waals surface area contributed by atoms with Crippen LogP contribution in [0.3, 0.4) is 0 Å². The van der Waals surface area contributed by atoms with Crippen LogP contribution in [0.1, 0.15) is 29.9 Å². The summed E-state index contributed by atoms with van der Waals surface area (Å²) in [4.78, 5) is 39.3. The number of methoxy groups -OCH3 is 1. The number of carbonyl (C=O) groups is 3. The molecule has 1 aliphatic heterocycles. The Morgan fingerprint density at radius 1 is 1.00 bits per heavy atom. The van der Waals surface area contributed by atoms with Crippen molar-refractivity contribution in [2.24, 2.45) is 17.8 Å². The summed E-state index contributed by atoms with van der Waals surface area (Å²) in [5, 5.41) is 12.2. The molecule has 2 N–H and O–H groups in total. The van der Waals surface area contributed by atoms with E-state index >= 15 is 0 Å². The number of likely N-dealkylation sites (tertiary alicyclic amines) is 1. The second-order valence-corrected chi connectivity index (χ2v) is 9.68. The van der Waals surface area contributed by atoms with Gasteiger partial charge < -0.3 is 24.8 Å². The predicted octanol–water partition coefficient (Wildman–Crippen LogP) is 3.11. The fraction of sp³-hybridized carbons (Fsp3) is 0.444. The molecule has 0 aromatic heterocycles. The normalized spacial score (nSPS) is 23.3. The van der Waals surface area contributed by atoms with E-state index in [1.807, 2.05) is 36.4 Å². The molecule has 1 saturated heterocycles. The maximum Gasteiger partial charge on any atom is 0.407 e. The minimum atomic E-state index is -0.892. The van der Waals surface area contributed by atoms with Crippen molar-refractivity contribution in [2.75, 3.05) is 33.4 Å². The molecule has 1 saturated carbocycles. The lowest BCUT2D eigenvalue weighted by atomic mass is 9.85. The third-order valence-electron chi connectivity index (χ3n) is 7.70. The zero-order valence-corrected chi connectivity index (χ0v) is 19.7. The van der Waals surface area contributed by atoms with Gasteiger partial charge in [-0.1, -0.05) is 48.5 Å². The number of carboxylic acids is 1. The van der Waals surface area contributed by atoms with E-state index in [-0.39, 0.29) is 36.9 Å². The van der Waals surface area contributed by atoms with Gasteiger partial charge in [0.25, 0.3) is 0 Å². The van der Waals surface area contributed by atoms with Crippen LogP contribution in [0.25, 0.3) is 11.1 Å². The number of ether oxygens (including phenoxy) is 2. The van der Waals surface area contributed by atoms with Gasteiger partial charge in [0.1, 0.15) is 12.6 Å². The molecular formula is C27H30N2O6. The van der Waals surface area contributed by atoms with Crippen molar-refractivity contribution in [1.29, 1.82) is 0 Å². The highest BCUT2D eigenvalue weighted by Gasteiger charge is 2.47. The average molecular weight is 479 g/mol. The first-order valence-electron chi connectivity index (χ1n) is 12.1. The van der Waals surface area contributed by atoms with Gasteiger partial charge in [0, 0.05) is 26.1 Å². The fourth-order valence-corrected chi connectivity index (χ4v) is 6.15. The molecule has 0 radical (unpaired) electrons. The number of hydrogen-bond donors (Lipinski definition) is 2. The lowest BCUT2D eigenvalue weighted by Gasteiger charge is -2.37. The van der Waals surface area contributed by atoms with E-state index in [0.717, 1.165) is 35.1 Å². The van der Waals surface area contributed by atoms with Crippen molar-refractivity contribution in [1.82, 2.24) is 10.2 Å². The van der Waals surface area contributed by atoms with Crippen LogP contribution >= 0.6 is 0 Å². The van der Waals surface area contributed by atoms with Gasteiger partial charge in [-0.25, -0.2) is 4.79 Å². The van der Waals surface area contributed by atoms with Gasteiger partial charge in [-0.2, -0.15) is 0 Å². The monoisotopic (exact) mass is 478 g/mol. The highest BCUT2D eigenvalue weighted by molar-refractivity contribution is 5.86. The van der Waals surface area contributed by atoms with E-state index in [9.17, 15) is 19.5 Å². The van der Waals surface area contributed by atoms with Gasteiger partial charge in [-0.05, 0) is 46.9 Å². The van der Waals surface area contributed by atoms with E-state index in [1.54, 1.807) is 4.90 Å². The molecule has 0 spiro atoms. The average Bonchev–Trinajstić information content (AvgIpc) is 3.33. The number of carbonyl (C=O) groups excluding carboxylic acids is 2. The molecule has 35 heavy (non-hydrogen) atoms. The second kappa shape index (κ2) is 9.70. The number of hydrogen-bond acceptors (Lipinski definition) is 5. The number of nitrogens with one attached hydrogen (secondary N) is 1. The van der Waals surface area contributed by atoms with Crippen molar-refractivity contribution in [3.63, 3.8) is 0 Å². The Kier molecular flexibility index (Phi) is 6.47. The van der Waals surface area contributed by atoms with E-state index < -0.39 is 24.0 Å². The van der Waals surface area contributed by atoms with Crippen molar-refractivity contribution in [3.05, 3.63) is 59.7 Å². The molecule has 1 heterocycles. The summed E-state index contributed by atoms with van der Waals surface area (Å²) in [6.45, 7) is 0.941. The Labute approximate surface area is 204 Å². The van der Waals surface area contributed by atoms with Crippen LogP contribution in [0, 0.1) is 17.8 Å². The first kappa shape index (κ1) is 23.4. The van der Waals surface area contributed by atoms with Crippen LogP contribution in [0.5, 0.6) is 0 Å². The van der Waals surface area contributed by atoms with Gasteiger partial charge in [-0.3, -0.25) is 9.59 Å². The molecule has 2 fully saturated rings. The van der Waals surface area contributed by atoms with Crippen LogP contribution in [-0.2, 0) is 19.1 Å². The van der Waals surface area contributed by atoms with Crippen LogP contribution in [0.2, 0.25) is 0 Å². The first-order valence-corrected chi connectivity index (χ1v) is 12.1. The summed E-state index contributed by atoms with van der Waals surface area (Å²) < 4.78 is 10.8. The number of aliphatic carboxylic acids is 1. The topological polar surface area (TPSA) is 105 Å². The summed E-state index contributed by atoms with van der Waals surface area (Å²) in [5.74, 6) is -1.61. The van der Waals surface area contributed by atoms with E-state index in [0.29, 0.717) is 13.1 Å². The van der Waals surface area contributed by atoms with E-state index in [1.165, 1.54) is 7.11 Å². The number of piperidine rings is 1. The number of benzene rings is 2. The van der Waals surface area contributed by atoms with Crippen molar-refractivity contribution < 1.29 is 29.0 Å². The third kappa shape index (κ3) is 4.38. The number of fused-ring (bicyclic) bond motifs is 5. The van der Waals surface area contributed by atoms with Crippen LogP contribution in [-0.4, -0.2) is 67.4 Å². The van der Waals surface area contributed by atoms with Gasteiger partial charge in [0.05, 0.1) is 12.5 Å². The Morgan fingerprint density at radius 3 is 2.11 bits per heavy atom. The predicted molar refractivity (Wildman–Crippen MR) is 128 cm³/mol. The zero-order valence-electron chi connectivity index (χ0n) is 19.7. The lowest BCUT2D eigenvalue weighted by Crippen LogP contribution is -2.55. The molecular weight excluding hydrogens is 448 g/mol. The smallest absolute Gasteiger partial charge is 0.407 e. The molecule has 3 atom stereocenters. The zero-order chi connectivity index (χ0) is 24.5. The third-order valence-corrected chi connectivity index (χ3v) is 7.70. The summed E-state index contributed by atoms with van der Waals surface area (Å²) in [7, 11) is 1.47. The molecule has 2 bridgehead atoms. The van der Waals surface area contributed by atoms with Crippen molar-refractivity contribution >= 4 is 18.0 Å². The first-order chi connectivity index (χ1) is 17.0. The molecule has 2 unspecified atom stereocenters. The maximum atomic E-state index is 13.2. The Morgan fingerprint density at radius 2 is 1.57 bits per heavy atom. The lowest BCUT2D eigenvalue weighted by molar-refractivity contribution is -0.150. The largest absolute Gasteiger partial charge is 0.481 e. The number of carboxylic acid groups (broad SMARTS) is 1. The molecule has 2 amide bonds. The van der Waals surface area contributed by atoms with Gasteiger partial charge in [0.2, 0.25) is 5.91 Å². The maximum absolute atomic E-state index is 13.2. The fourth-order valence-electron chi connectivity index (χ4n) is 6.15. The number of nitrogens with zero attached hydrogens (tertiary/aromatic N) is 1. The molecule has 3 aliphatic rings. The van der Waals surface area contributed by atoms with Crippen molar-refractivity contribution in [3.8, 4) is 11.1 Å². The minimum absolute atomic E-state index is 0.0111. The molecule has 184 valence electrons.